The molecule has 0 N–H and O–H groups in total. The minimum atomic E-state index is -4.14. The van der Waals surface area contributed by atoms with Crippen molar-refractivity contribution in [3.8, 4) is 5.75 Å². The Kier molecular flexibility index (Phi) is 3.84. The summed E-state index contributed by atoms with van der Waals surface area (Å²) in [6.07, 6.45) is -3.19. The highest BCUT2D eigenvalue weighted by Gasteiger charge is 2.35. The average Bonchev–Trinajstić information content (AvgIpc) is 2.90. The quantitative estimate of drug-likeness (QED) is 0.787. The maximum absolute atomic E-state index is 12.7. The van der Waals surface area contributed by atoms with Gasteiger partial charge in [0.1, 0.15) is 5.75 Å². The predicted octanol–water partition coefficient (Wildman–Crippen LogP) is 4.52. The Hall–Kier alpha value is -1.53. The lowest BCUT2D eigenvalue weighted by atomic mass is 9.87. The molecule has 1 atom stereocenters. The van der Waals surface area contributed by atoms with Crippen LogP contribution in [-0.4, -0.2) is 24.7 Å². The summed E-state index contributed by atoms with van der Waals surface area (Å²) >= 11 is 1.33. The summed E-state index contributed by atoms with van der Waals surface area (Å²) in [4.78, 5) is 3.93. The van der Waals surface area contributed by atoms with Gasteiger partial charge < -0.3 is 4.74 Å². The standard InChI is InChI=1S/C18H18F3NOS/c1-23-13-2-3-15-11(6-13)4-5-22-10-12-7-14(9-18(19,20)21)24-17(12)8-16(15)22/h2-3,6-7,16H,4-5,8-10H2,1H3. The zero-order valence-electron chi connectivity index (χ0n) is 13.3. The minimum Gasteiger partial charge on any atom is -0.497 e. The van der Waals surface area contributed by atoms with Crippen LogP contribution in [0.4, 0.5) is 13.2 Å². The molecule has 0 aliphatic carbocycles. The third kappa shape index (κ3) is 2.93. The summed E-state index contributed by atoms with van der Waals surface area (Å²) < 4.78 is 43.3. The van der Waals surface area contributed by atoms with Crippen molar-refractivity contribution < 1.29 is 17.9 Å². The summed E-state index contributed by atoms with van der Waals surface area (Å²) in [7, 11) is 1.66. The normalized spacial score (nSPS) is 20.2. The molecule has 3 heterocycles. The van der Waals surface area contributed by atoms with Gasteiger partial charge in [0.05, 0.1) is 13.5 Å². The first-order chi connectivity index (χ1) is 11.4. The number of benzene rings is 1. The van der Waals surface area contributed by atoms with Gasteiger partial charge in [-0.1, -0.05) is 6.07 Å². The number of halogens is 3. The second kappa shape index (κ2) is 5.77. The molecule has 24 heavy (non-hydrogen) atoms. The van der Waals surface area contributed by atoms with Crippen LogP contribution >= 0.6 is 11.3 Å². The fourth-order valence-electron chi connectivity index (χ4n) is 3.81. The lowest BCUT2D eigenvalue weighted by Crippen LogP contribution is -2.38. The molecular formula is C18H18F3NOS. The predicted molar refractivity (Wildman–Crippen MR) is 87.6 cm³/mol. The molecule has 128 valence electrons. The van der Waals surface area contributed by atoms with Crippen molar-refractivity contribution in [2.45, 2.75) is 38.0 Å². The van der Waals surface area contributed by atoms with E-state index in [2.05, 4.69) is 17.0 Å². The SMILES string of the molecule is COc1ccc2c(c1)CCN1Cc3cc(CC(F)(F)F)sc3CC21. The van der Waals surface area contributed by atoms with Crippen LogP contribution < -0.4 is 4.74 Å². The highest BCUT2D eigenvalue weighted by atomic mass is 32.1. The van der Waals surface area contributed by atoms with Gasteiger partial charge in [0.15, 0.2) is 0 Å². The molecule has 2 aliphatic rings. The minimum absolute atomic E-state index is 0.268. The van der Waals surface area contributed by atoms with Crippen LogP contribution in [-0.2, 0) is 25.8 Å². The topological polar surface area (TPSA) is 12.5 Å². The fourth-order valence-corrected chi connectivity index (χ4v) is 5.06. The maximum Gasteiger partial charge on any atom is 0.393 e. The molecule has 4 rings (SSSR count). The van der Waals surface area contributed by atoms with Gasteiger partial charge in [0.25, 0.3) is 0 Å². The summed E-state index contributed by atoms with van der Waals surface area (Å²) in [6.45, 7) is 1.69. The fraction of sp³-hybridized carbons (Fsp3) is 0.444. The Bertz CT molecular complexity index is 768. The van der Waals surface area contributed by atoms with Crippen LogP contribution in [0.25, 0.3) is 0 Å². The van der Waals surface area contributed by atoms with Crippen molar-refractivity contribution in [1.29, 1.82) is 0 Å². The van der Waals surface area contributed by atoms with E-state index in [9.17, 15) is 13.2 Å². The number of hydrogen-bond acceptors (Lipinski definition) is 3. The number of ether oxygens (including phenoxy) is 1. The number of hydrogen-bond donors (Lipinski definition) is 0. The molecule has 1 unspecified atom stereocenters. The van der Waals surface area contributed by atoms with Gasteiger partial charge >= 0.3 is 6.18 Å². The van der Waals surface area contributed by atoms with Crippen molar-refractivity contribution >= 4 is 11.3 Å². The van der Waals surface area contributed by atoms with E-state index >= 15 is 0 Å². The Morgan fingerprint density at radius 3 is 2.83 bits per heavy atom. The highest BCUT2D eigenvalue weighted by Crippen LogP contribution is 2.42. The van der Waals surface area contributed by atoms with E-state index in [1.165, 1.54) is 22.5 Å². The molecule has 0 fully saturated rings. The number of nitrogens with zero attached hydrogens (tertiary/aromatic N) is 1. The van der Waals surface area contributed by atoms with Gasteiger partial charge in [-0.3, -0.25) is 4.90 Å². The third-order valence-corrected chi connectivity index (χ3v) is 6.09. The number of fused-ring (bicyclic) bond motifs is 4. The summed E-state index contributed by atoms with van der Waals surface area (Å²) in [5.74, 6) is 0.863. The van der Waals surface area contributed by atoms with Crippen LogP contribution in [0.5, 0.6) is 5.75 Å². The first-order valence-electron chi connectivity index (χ1n) is 8.01. The second-order valence-corrected chi connectivity index (χ2v) is 7.68. The van der Waals surface area contributed by atoms with Crippen molar-refractivity contribution in [3.05, 3.63) is 50.7 Å². The molecule has 1 aromatic heterocycles. The van der Waals surface area contributed by atoms with E-state index < -0.39 is 12.6 Å². The Morgan fingerprint density at radius 1 is 1.25 bits per heavy atom. The van der Waals surface area contributed by atoms with Crippen LogP contribution in [0.1, 0.15) is 32.5 Å². The Labute approximate surface area is 142 Å². The van der Waals surface area contributed by atoms with Crippen molar-refractivity contribution in [2.75, 3.05) is 13.7 Å². The molecule has 0 saturated heterocycles. The summed E-state index contributed by atoms with van der Waals surface area (Å²) in [5, 5.41) is 0. The maximum atomic E-state index is 12.7. The van der Waals surface area contributed by atoms with Gasteiger partial charge in [-0.25, -0.2) is 0 Å². The smallest absolute Gasteiger partial charge is 0.393 e. The third-order valence-electron chi connectivity index (χ3n) is 4.89. The molecule has 0 bridgehead atoms. The van der Waals surface area contributed by atoms with Gasteiger partial charge in [0.2, 0.25) is 0 Å². The lowest BCUT2D eigenvalue weighted by molar-refractivity contribution is -0.126. The van der Waals surface area contributed by atoms with E-state index in [0.717, 1.165) is 42.1 Å². The highest BCUT2D eigenvalue weighted by molar-refractivity contribution is 7.12. The average molecular weight is 353 g/mol. The van der Waals surface area contributed by atoms with Crippen LogP contribution in [0.15, 0.2) is 24.3 Å². The first-order valence-corrected chi connectivity index (χ1v) is 8.82. The van der Waals surface area contributed by atoms with Crippen LogP contribution in [0, 0.1) is 0 Å². The molecule has 0 radical (unpaired) electrons. The lowest BCUT2D eigenvalue weighted by Gasteiger charge is -2.40. The zero-order chi connectivity index (χ0) is 16.9. The van der Waals surface area contributed by atoms with E-state index in [1.54, 1.807) is 13.2 Å². The molecular weight excluding hydrogens is 335 g/mol. The van der Waals surface area contributed by atoms with Gasteiger partial charge in [-0.05, 0) is 41.3 Å². The number of alkyl halides is 3. The van der Waals surface area contributed by atoms with E-state index in [0.29, 0.717) is 4.88 Å². The zero-order valence-corrected chi connectivity index (χ0v) is 14.1. The Morgan fingerprint density at radius 2 is 2.08 bits per heavy atom. The monoisotopic (exact) mass is 353 g/mol. The van der Waals surface area contributed by atoms with Gasteiger partial charge in [0, 0.05) is 35.3 Å². The molecule has 1 aromatic carbocycles. The van der Waals surface area contributed by atoms with Crippen LogP contribution in [0.2, 0.25) is 0 Å². The molecule has 2 aromatic rings. The number of rotatable bonds is 2. The molecule has 2 aliphatic heterocycles. The molecule has 2 nitrogen and oxygen atoms in total. The van der Waals surface area contributed by atoms with Gasteiger partial charge in [-0.15, -0.1) is 11.3 Å². The number of methoxy groups -OCH3 is 1. The Balaban J connectivity index is 1.63. The largest absolute Gasteiger partial charge is 0.497 e. The van der Waals surface area contributed by atoms with Gasteiger partial charge in [-0.2, -0.15) is 13.2 Å². The summed E-state index contributed by atoms with van der Waals surface area (Å²) in [5.41, 5.74) is 3.66. The first kappa shape index (κ1) is 16.0. The molecule has 0 saturated carbocycles. The van der Waals surface area contributed by atoms with Crippen molar-refractivity contribution in [3.63, 3.8) is 0 Å². The van der Waals surface area contributed by atoms with Crippen LogP contribution in [0.3, 0.4) is 0 Å². The van der Waals surface area contributed by atoms with Crippen molar-refractivity contribution in [2.24, 2.45) is 0 Å². The van der Waals surface area contributed by atoms with Crippen molar-refractivity contribution in [1.82, 2.24) is 4.90 Å². The number of thiophene rings is 1. The molecule has 6 heteroatoms. The molecule has 0 amide bonds. The van der Waals surface area contributed by atoms with E-state index in [-0.39, 0.29) is 6.04 Å². The molecule has 0 spiro atoms. The van der Waals surface area contributed by atoms with E-state index in [1.807, 2.05) is 6.07 Å². The second-order valence-electron chi connectivity index (χ2n) is 6.46. The summed E-state index contributed by atoms with van der Waals surface area (Å²) in [6, 6.07) is 8.20. The van der Waals surface area contributed by atoms with E-state index in [4.69, 9.17) is 4.74 Å².